The van der Waals surface area contributed by atoms with E-state index in [-0.39, 0.29) is 0 Å². The van der Waals surface area contributed by atoms with Crippen LogP contribution in [0.2, 0.25) is 0 Å². The van der Waals surface area contributed by atoms with Gasteiger partial charge in [0.1, 0.15) is 0 Å². The smallest absolute Gasteiger partial charge is 0.183 e. The molecule has 0 saturated heterocycles. The van der Waals surface area contributed by atoms with Crippen molar-refractivity contribution in [3.05, 3.63) is 3.95 Å². The number of aromatic amines is 1. The zero-order valence-electron chi connectivity index (χ0n) is 8.12. The minimum Gasteiger partial charge on any atom is -0.257 e. The molecule has 1 N–H and O–H groups in total. The molecule has 0 aromatic carbocycles. The molecule has 0 unspecified atom stereocenters. The fraction of sp³-hybridized carbons (Fsp3) is 0.750. The summed E-state index contributed by atoms with van der Waals surface area (Å²) in [5, 5.41) is 6.86. The standard InChI is InChI=1S/C8H14N2S4/c1-2-3-4-5-6-12-14-8-10-9-7(11)13-8/h2-6H2,1H3,(H,9,11). The van der Waals surface area contributed by atoms with Gasteiger partial charge in [-0.25, -0.2) is 0 Å². The lowest BCUT2D eigenvalue weighted by atomic mass is 10.2. The predicted octanol–water partition coefficient (Wildman–Crippen LogP) is 4.52. The molecule has 1 aromatic heterocycles. The van der Waals surface area contributed by atoms with Crippen molar-refractivity contribution in [3.8, 4) is 0 Å². The van der Waals surface area contributed by atoms with Gasteiger partial charge in [0.25, 0.3) is 0 Å². The second-order valence-corrected chi connectivity index (χ2v) is 7.17. The van der Waals surface area contributed by atoms with Crippen molar-refractivity contribution in [3.63, 3.8) is 0 Å². The first-order chi connectivity index (χ1) is 6.83. The van der Waals surface area contributed by atoms with Crippen LogP contribution in [0.3, 0.4) is 0 Å². The summed E-state index contributed by atoms with van der Waals surface area (Å²) in [5.74, 6) is 1.21. The molecule has 1 heterocycles. The monoisotopic (exact) mass is 266 g/mol. The second-order valence-electron chi connectivity index (χ2n) is 2.85. The number of nitrogens with one attached hydrogen (secondary N) is 1. The van der Waals surface area contributed by atoms with Gasteiger partial charge in [-0.3, -0.25) is 5.10 Å². The molecule has 14 heavy (non-hydrogen) atoms. The van der Waals surface area contributed by atoms with Crippen LogP contribution in [0, 0.1) is 3.95 Å². The van der Waals surface area contributed by atoms with E-state index in [9.17, 15) is 0 Å². The first-order valence-electron chi connectivity index (χ1n) is 4.68. The van der Waals surface area contributed by atoms with Gasteiger partial charge in [-0.1, -0.05) is 48.3 Å². The molecular formula is C8H14N2S4. The molecule has 0 fully saturated rings. The molecule has 0 aliphatic rings. The molecule has 0 bridgehead atoms. The third-order valence-corrected chi connectivity index (χ3v) is 5.46. The highest BCUT2D eigenvalue weighted by atomic mass is 33.1. The van der Waals surface area contributed by atoms with Crippen molar-refractivity contribution in [1.29, 1.82) is 0 Å². The van der Waals surface area contributed by atoms with E-state index < -0.39 is 0 Å². The van der Waals surface area contributed by atoms with E-state index >= 15 is 0 Å². The summed E-state index contributed by atoms with van der Waals surface area (Å²) >= 11 is 6.49. The van der Waals surface area contributed by atoms with Crippen LogP contribution in [0.1, 0.15) is 32.6 Å². The molecule has 6 heteroatoms. The Hall–Kier alpha value is 0.480. The number of unbranched alkanes of at least 4 members (excludes halogenated alkanes) is 3. The summed E-state index contributed by atoms with van der Waals surface area (Å²) in [6.45, 7) is 2.23. The maximum atomic E-state index is 4.95. The van der Waals surface area contributed by atoms with Crippen LogP contribution in [-0.2, 0) is 0 Å². The lowest BCUT2D eigenvalue weighted by molar-refractivity contribution is 0.707. The Morgan fingerprint density at radius 3 is 2.93 bits per heavy atom. The first-order valence-corrected chi connectivity index (χ1v) is 8.22. The highest BCUT2D eigenvalue weighted by molar-refractivity contribution is 8.77. The van der Waals surface area contributed by atoms with Crippen molar-refractivity contribution >= 4 is 45.1 Å². The van der Waals surface area contributed by atoms with Crippen molar-refractivity contribution in [2.75, 3.05) is 5.75 Å². The van der Waals surface area contributed by atoms with Gasteiger partial charge >= 0.3 is 0 Å². The van der Waals surface area contributed by atoms with E-state index in [2.05, 4.69) is 17.1 Å². The molecule has 0 spiro atoms. The van der Waals surface area contributed by atoms with Crippen molar-refractivity contribution in [2.45, 2.75) is 36.9 Å². The summed E-state index contributed by atoms with van der Waals surface area (Å²) in [6, 6.07) is 0. The van der Waals surface area contributed by atoms with E-state index in [1.54, 1.807) is 22.1 Å². The van der Waals surface area contributed by atoms with Crippen LogP contribution in [0.5, 0.6) is 0 Å². The highest BCUT2D eigenvalue weighted by Gasteiger charge is 1.98. The Morgan fingerprint density at radius 2 is 2.29 bits per heavy atom. The number of nitrogens with zero attached hydrogens (tertiary/aromatic N) is 1. The van der Waals surface area contributed by atoms with E-state index in [0.29, 0.717) is 0 Å². The van der Waals surface area contributed by atoms with Crippen LogP contribution in [0.25, 0.3) is 0 Å². The van der Waals surface area contributed by atoms with E-state index in [0.717, 1.165) is 8.29 Å². The molecule has 80 valence electrons. The van der Waals surface area contributed by atoms with E-state index in [1.165, 1.54) is 31.4 Å². The van der Waals surface area contributed by atoms with Crippen LogP contribution >= 0.6 is 45.1 Å². The normalized spacial score (nSPS) is 10.6. The number of aromatic nitrogens is 2. The van der Waals surface area contributed by atoms with Crippen molar-refractivity contribution < 1.29 is 0 Å². The quantitative estimate of drug-likeness (QED) is 0.446. The van der Waals surface area contributed by atoms with Gasteiger partial charge in [-0.2, -0.15) is 5.10 Å². The number of H-pyrrole nitrogens is 1. The molecule has 0 aliphatic heterocycles. The van der Waals surface area contributed by atoms with Gasteiger partial charge in [0.05, 0.1) is 0 Å². The van der Waals surface area contributed by atoms with Gasteiger partial charge in [0, 0.05) is 5.75 Å². The lowest BCUT2D eigenvalue weighted by Crippen LogP contribution is -1.78. The van der Waals surface area contributed by atoms with Crippen LogP contribution in [-0.4, -0.2) is 16.0 Å². The first kappa shape index (κ1) is 12.5. The Balaban J connectivity index is 2.02. The fourth-order valence-electron chi connectivity index (χ4n) is 0.932. The Kier molecular flexibility index (Phi) is 6.93. The van der Waals surface area contributed by atoms with Gasteiger partial charge in [0.15, 0.2) is 8.29 Å². The molecule has 0 aliphatic carbocycles. The summed E-state index contributed by atoms with van der Waals surface area (Å²) in [4.78, 5) is 0. The van der Waals surface area contributed by atoms with Gasteiger partial charge < -0.3 is 0 Å². The van der Waals surface area contributed by atoms with Gasteiger partial charge in [0.2, 0.25) is 0 Å². The molecular weight excluding hydrogens is 252 g/mol. The van der Waals surface area contributed by atoms with Crippen molar-refractivity contribution in [1.82, 2.24) is 10.2 Å². The maximum absolute atomic E-state index is 4.95. The maximum Gasteiger partial charge on any atom is 0.183 e. The Morgan fingerprint density at radius 1 is 1.43 bits per heavy atom. The summed E-state index contributed by atoms with van der Waals surface area (Å²) < 4.78 is 1.80. The molecule has 1 aromatic rings. The largest absolute Gasteiger partial charge is 0.257 e. The third kappa shape index (κ3) is 5.38. The summed E-state index contributed by atoms with van der Waals surface area (Å²) in [5.41, 5.74) is 0. The zero-order chi connectivity index (χ0) is 10.2. The Labute approximate surface area is 102 Å². The Bertz CT molecular complexity index is 294. The molecule has 0 saturated carbocycles. The third-order valence-electron chi connectivity index (χ3n) is 1.63. The molecule has 0 radical (unpaired) electrons. The number of hydrogen-bond acceptors (Lipinski definition) is 5. The minimum atomic E-state index is 0.763. The molecule has 2 nitrogen and oxygen atoms in total. The van der Waals surface area contributed by atoms with Crippen LogP contribution in [0.15, 0.2) is 4.34 Å². The zero-order valence-corrected chi connectivity index (χ0v) is 11.4. The lowest BCUT2D eigenvalue weighted by Gasteiger charge is -1.97. The molecule has 0 amide bonds. The predicted molar refractivity (Wildman–Crippen MR) is 69.8 cm³/mol. The second kappa shape index (κ2) is 7.73. The van der Waals surface area contributed by atoms with E-state index in [4.69, 9.17) is 12.2 Å². The fourth-order valence-corrected chi connectivity index (χ4v) is 4.45. The molecule has 1 rings (SSSR count). The van der Waals surface area contributed by atoms with Crippen LogP contribution < -0.4 is 0 Å². The summed E-state index contributed by atoms with van der Waals surface area (Å²) in [7, 11) is 3.59. The average Bonchev–Trinajstić information content (AvgIpc) is 2.58. The van der Waals surface area contributed by atoms with Crippen LogP contribution in [0.4, 0.5) is 0 Å². The average molecular weight is 266 g/mol. The van der Waals surface area contributed by atoms with Gasteiger partial charge in [-0.05, 0) is 29.4 Å². The number of rotatable bonds is 7. The van der Waals surface area contributed by atoms with Crippen molar-refractivity contribution in [2.24, 2.45) is 0 Å². The highest BCUT2D eigenvalue weighted by Crippen LogP contribution is 2.32. The minimum absolute atomic E-state index is 0.763. The van der Waals surface area contributed by atoms with E-state index in [1.807, 2.05) is 10.8 Å². The molecule has 0 atom stereocenters. The summed E-state index contributed by atoms with van der Waals surface area (Å²) in [6.07, 6.45) is 5.31. The number of hydrogen-bond donors (Lipinski definition) is 1. The topological polar surface area (TPSA) is 28.7 Å². The SMILES string of the molecule is CCCCCCSSc1n[nH]c(=S)s1. The van der Waals surface area contributed by atoms with Gasteiger partial charge in [-0.15, -0.1) is 0 Å².